The Hall–Kier alpha value is -2.41. The van der Waals surface area contributed by atoms with E-state index in [0.717, 1.165) is 5.56 Å². The van der Waals surface area contributed by atoms with Crippen LogP contribution in [0.3, 0.4) is 0 Å². The summed E-state index contributed by atoms with van der Waals surface area (Å²) in [6.45, 7) is 4.35. The number of carboxylic acids is 1. The fraction of sp³-hybridized carbons (Fsp3) is 0.526. The largest absolute Gasteiger partial charge is 0.481 e. The molecule has 2 aliphatic heterocycles. The van der Waals surface area contributed by atoms with Crippen molar-refractivity contribution in [3.8, 4) is 0 Å². The van der Waals surface area contributed by atoms with Gasteiger partial charge in [0.2, 0.25) is 11.8 Å². The Bertz CT molecular complexity index is 679. The fourth-order valence-corrected chi connectivity index (χ4v) is 3.76. The molecule has 2 fully saturated rings. The molecule has 7 nitrogen and oxygen atoms in total. The lowest BCUT2D eigenvalue weighted by molar-refractivity contribution is -0.143. The monoisotopic (exact) mass is 359 g/mol. The molecule has 2 saturated heterocycles. The highest BCUT2D eigenvalue weighted by Crippen LogP contribution is 2.20. The van der Waals surface area contributed by atoms with Gasteiger partial charge in [-0.1, -0.05) is 30.3 Å². The van der Waals surface area contributed by atoms with Crippen LogP contribution in [0.5, 0.6) is 0 Å². The number of aliphatic carboxylic acids is 1. The number of fused-ring (bicyclic) bond motifs is 1. The summed E-state index contributed by atoms with van der Waals surface area (Å²) < 4.78 is 0. The second kappa shape index (κ2) is 7.86. The van der Waals surface area contributed by atoms with Crippen LogP contribution in [0.1, 0.15) is 12.5 Å². The molecule has 0 aliphatic carbocycles. The summed E-state index contributed by atoms with van der Waals surface area (Å²) in [6, 6.07) is 9.62. The van der Waals surface area contributed by atoms with Gasteiger partial charge in [-0.05, 0) is 5.56 Å². The molecule has 1 N–H and O–H groups in total. The summed E-state index contributed by atoms with van der Waals surface area (Å²) in [6.07, 6.45) is 0.363. The van der Waals surface area contributed by atoms with E-state index in [4.69, 9.17) is 0 Å². The number of carbonyl (C=O) groups excluding carboxylic acids is 2. The minimum atomic E-state index is -0.875. The van der Waals surface area contributed by atoms with Crippen LogP contribution < -0.4 is 0 Å². The van der Waals surface area contributed by atoms with Crippen LogP contribution in [0.15, 0.2) is 30.3 Å². The number of benzene rings is 1. The van der Waals surface area contributed by atoms with Crippen molar-refractivity contribution in [1.29, 1.82) is 0 Å². The van der Waals surface area contributed by atoms with Crippen molar-refractivity contribution in [2.45, 2.75) is 19.4 Å². The molecule has 2 amide bonds. The molecular formula is C19H25N3O4. The summed E-state index contributed by atoms with van der Waals surface area (Å²) in [5, 5.41) is 9.43. The van der Waals surface area contributed by atoms with Crippen molar-refractivity contribution in [3.63, 3.8) is 0 Å². The summed E-state index contributed by atoms with van der Waals surface area (Å²) in [5.41, 5.74) is 0.983. The first-order valence-electron chi connectivity index (χ1n) is 8.98. The van der Waals surface area contributed by atoms with Gasteiger partial charge in [0, 0.05) is 52.2 Å². The van der Waals surface area contributed by atoms with Crippen LogP contribution in [0.2, 0.25) is 0 Å². The molecule has 1 aromatic rings. The van der Waals surface area contributed by atoms with Gasteiger partial charge >= 0.3 is 5.97 Å². The Labute approximate surface area is 153 Å². The number of hydrogen-bond acceptors (Lipinski definition) is 4. The number of amides is 2. The van der Waals surface area contributed by atoms with Crippen molar-refractivity contribution >= 4 is 17.8 Å². The van der Waals surface area contributed by atoms with E-state index in [2.05, 4.69) is 4.90 Å². The number of carboxylic acid groups (broad SMARTS) is 1. The molecule has 7 heteroatoms. The average Bonchev–Trinajstić information content (AvgIpc) is 2.81. The van der Waals surface area contributed by atoms with E-state index >= 15 is 0 Å². The predicted octanol–water partition coefficient (Wildman–Crippen LogP) is 0.305. The Morgan fingerprint density at radius 3 is 2.35 bits per heavy atom. The fourth-order valence-electron chi connectivity index (χ4n) is 3.76. The Balaban J connectivity index is 1.68. The Kier molecular flexibility index (Phi) is 5.56. The van der Waals surface area contributed by atoms with Crippen molar-refractivity contribution in [2.75, 3.05) is 39.3 Å². The minimum absolute atomic E-state index is 0.0169. The molecule has 1 aromatic carbocycles. The first kappa shape index (κ1) is 18.4. The first-order chi connectivity index (χ1) is 12.4. The zero-order valence-electron chi connectivity index (χ0n) is 15.0. The quantitative estimate of drug-likeness (QED) is 0.840. The minimum Gasteiger partial charge on any atom is -0.481 e. The van der Waals surface area contributed by atoms with Crippen molar-refractivity contribution in [3.05, 3.63) is 35.9 Å². The second-order valence-electron chi connectivity index (χ2n) is 7.11. The van der Waals surface area contributed by atoms with E-state index in [1.54, 1.807) is 4.90 Å². The summed E-state index contributed by atoms with van der Waals surface area (Å²) >= 11 is 0. The molecule has 2 atom stereocenters. The lowest BCUT2D eigenvalue weighted by Gasteiger charge is -2.41. The van der Waals surface area contributed by atoms with E-state index in [-0.39, 0.29) is 24.4 Å². The molecule has 2 aliphatic rings. The van der Waals surface area contributed by atoms with Crippen LogP contribution >= 0.6 is 0 Å². The molecular weight excluding hydrogens is 334 g/mol. The van der Waals surface area contributed by atoms with E-state index < -0.39 is 11.9 Å². The first-order valence-corrected chi connectivity index (χ1v) is 8.98. The zero-order valence-corrected chi connectivity index (χ0v) is 15.0. The summed E-state index contributed by atoms with van der Waals surface area (Å²) in [4.78, 5) is 41.6. The maximum absolute atomic E-state index is 12.6. The van der Waals surface area contributed by atoms with Gasteiger partial charge in [-0.3, -0.25) is 19.3 Å². The standard InChI is InChI=1S/C19H25N3O4/c1-14(23)22-11-16(19(25)26)10-20-7-8-21(12-17(20)13-22)18(24)9-15-5-3-2-4-6-15/h2-6,16-17H,7-13H2,1H3,(H,25,26). The van der Waals surface area contributed by atoms with E-state index in [1.807, 2.05) is 35.2 Å². The predicted molar refractivity (Wildman–Crippen MR) is 95.5 cm³/mol. The summed E-state index contributed by atoms with van der Waals surface area (Å²) in [7, 11) is 0. The average molecular weight is 359 g/mol. The van der Waals surface area contributed by atoms with E-state index in [1.165, 1.54) is 6.92 Å². The van der Waals surface area contributed by atoms with Gasteiger partial charge in [-0.15, -0.1) is 0 Å². The van der Waals surface area contributed by atoms with Crippen molar-refractivity contribution in [2.24, 2.45) is 5.92 Å². The highest BCUT2D eigenvalue weighted by atomic mass is 16.4. The maximum Gasteiger partial charge on any atom is 0.309 e. The molecule has 140 valence electrons. The van der Waals surface area contributed by atoms with Gasteiger partial charge in [-0.2, -0.15) is 0 Å². The van der Waals surface area contributed by atoms with Crippen LogP contribution in [0.4, 0.5) is 0 Å². The topological polar surface area (TPSA) is 81.2 Å². The molecule has 0 bridgehead atoms. The lowest BCUT2D eigenvalue weighted by Crippen LogP contribution is -2.57. The molecule has 0 radical (unpaired) electrons. The lowest BCUT2D eigenvalue weighted by atomic mass is 10.1. The number of rotatable bonds is 3. The number of nitrogens with zero attached hydrogens (tertiary/aromatic N) is 3. The van der Waals surface area contributed by atoms with Gasteiger partial charge in [0.25, 0.3) is 0 Å². The Morgan fingerprint density at radius 1 is 1.00 bits per heavy atom. The molecule has 0 aromatic heterocycles. The van der Waals surface area contributed by atoms with Crippen molar-refractivity contribution < 1.29 is 19.5 Å². The third kappa shape index (κ3) is 4.22. The number of carbonyl (C=O) groups is 3. The zero-order chi connectivity index (χ0) is 18.7. The van der Waals surface area contributed by atoms with Gasteiger partial charge in [0.15, 0.2) is 0 Å². The summed E-state index contributed by atoms with van der Waals surface area (Å²) in [5.74, 6) is -1.51. The van der Waals surface area contributed by atoms with Crippen LogP contribution in [0.25, 0.3) is 0 Å². The molecule has 3 rings (SSSR count). The van der Waals surface area contributed by atoms with E-state index in [0.29, 0.717) is 39.1 Å². The highest BCUT2D eigenvalue weighted by molar-refractivity contribution is 5.79. The van der Waals surface area contributed by atoms with Crippen LogP contribution in [0, 0.1) is 5.92 Å². The van der Waals surface area contributed by atoms with Crippen LogP contribution in [-0.2, 0) is 20.8 Å². The molecule has 26 heavy (non-hydrogen) atoms. The molecule has 0 spiro atoms. The van der Waals surface area contributed by atoms with Gasteiger partial charge < -0.3 is 14.9 Å². The van der Waals surface area contributed by atoms with Gasteiger partial charge in [0.05, 0.1) is 12.3 Å². The normalized spacial score (nSPS) is 23.9. The molecule has 0 saturated carbocycles. The third-order valence-corrected chi connectivity index (χ3v) is 5.28. The van der Waals surface area contributed by atoms with Crippen molar-refractivity contribution in [1.82, 2.24) is 14.7 Å². The van der Waals surface area contributed by atoms with Crippen LogP contribution in [-0.4, -0.2) is 82.9 Å². The third-order valence-electron chi connectivity index (χ3n) is 5.28. The Morgan fingerprint density at radius 2 is 1.69 bits per heavy atom. The van der Waals surface area contributed by atoms with E-state index in [9.17, 15) is 19.5 Å². The maximum atomic E-state index is 12.6. The van der Waals surface area contributed by atoms with Gasteiger partial charge in [-0.25, -0.2) is 0 Å². The molecule has 2 heterocycles. The molecule has 2 unspecified atom stereocenters. The number of piperazine rings is 1. The second-order valence-corrected chi connectivity index (χ2v) is 7.11. The van der Waals surface area contributed by atoms with Gasteiger partial charge in [0.1, 0.15) is 0 Å². The highest BCUT2D eigenvalue weighted by Gasteiger charge is 2.37. The SMILES string of the molecule is CC(=O)N1CC(C(=O)O)CN2CCN(C(=O)Cc3ccccc3)CC2C1. The smallest absolute Gasteiger partial charge is 0.309 e. The number of hydrogen-bond donors (Lipinski definition) is 1.